The number of hydrogen-bond acceptors (Lipinski definition) is 1. The Bertz CT molecular complexity index is 150. The van der Waals surface area contributed by atoms with Crippen LogP contribution in [0.3, 0.4) is 0 Å². The molecule has 0 aromatic rings. The van der Waals surface area contributed by atoms with Crippen LogP contribution in [0.15, 0.2) is 12.2 Å². The van der Waals surface area contributed by atoms with Crippen LogP contribution in [0.25, 0.3) is 0 Å². The molecular weight excluding hydrogens is 185 g/mol. The molecule has 0 heterocycles. The molecule has 0 aliphatic heterocycles. The van der Waals surface area contributed by atoms with E-state index in [1.54, 1.807) is 0 Å². The molecule has 0 spiro atoms. The van der Waals surface area contributed by atoms with Crippen molar-refractivity contribution in [2.24, 2.45) is 11.7 Å². The van der Waals surface area contributed by atoms with Gasteiger partial charge in [0.2, 0.25) is 0 Å². The van der Waals surface area contributed by atoms with Crippen molar-refractivity contribution in [3.05, 3.63) is 12.2 Å². The molecule has 71 valence electrons. The number of hydrogen-bond donors (Lipinski definition) is 1. The Morgan fingerprint density at radius 1 is 1.67 bits per heavy atom. The molecule has 2 atom stereocenters. The summed E-state index contributed by atoms with van der Waals surface area (Å²) in [5, 5.41) is 0. The molecule has 0 amide bonds. The normalized spacial score (nSPS) is 29.7. The molecule has 1 saturated carbocycles. The Balaban J connectivity index is 0. The minimum Gasteiger partial charge on any atom is -0.327 e. The summed E-state index contributed by atoms with van der Waals surface area (Å²) in [5.41, 5.74) is 7.35. The summed E-state index contributed by atoms with van der Waals surface area (Å²) in [6.45, 7) is 6.21. The van der Waals surface area contributed by atoms with Crippen LogP contribution in [0.5, 0.6) is 0 Å². The monoisotopic (exact) mass is 206 g/mol. The fourth-order valence-corrected chi connectivity index (χ4v) is 1.93. The van der Waals surface area contributed by atoms with Crippen molar-refractivity contribution in [1.29, 1.82) is 0 Å². The van der Waals surface area contributed by atoms with Crippen LogP contribution in [-0.2, 0) is 18.6 Å². The maximum absolute atomic E-state index is 5.99. The Labute approximate surface area is 89.2 Å². The van der Waals surface area contributed by atoms with Crippen molar-refractivity contribution < 1.29 is 20.0 Å². The van der Waals surface area contributed by atoms with Gasteiger partial charge < -0.3 is 5.73 Å². The summed E-state index contributed by atoms with van der Waals surface area (Å²) in [6.07, 6.45) is 6.11. The van der Waals surface area contributed by atoms with E-state index in [1.807, 2.05) is 0 Å². The second kappa shape index (κ2) is 5.85. The van der Waals surface area contributed by atoms with Crippen molar-refractivity contribution in [2.75, 3.05) is 0 Å². The Kier molecular flexibility index (Phi) is 5.99. The van der Waals surface area contributed by atoms with Gasteiger partial charge in [-0.25, -0.2) is 0 Å². The van der Waals surface area contributed by atoms with Crippen molar-refractivity contribution in [3.8, 4) is 0 Å². The molecule has 1 aliphatic carbocycles. The molecule has 0 aromatic heterocycles. The molecule has 1 nitrogen and oxygen atoms in total. The van der Waals surface area contributed by atoms with Crippen molar-refractivity contribution in [1.82, 2.24) is 0 Å². The summed E-state index contributed by atoms with van der Waals surface area (Å²) in [4.78, 5) is 0. The SMILES string of the molecule is C=C1CCC(CCC)[C@@H](N)C1.[HH].[V]. The predicted octanol–water partition coefficient (Wildman–Crippen LogP) is 2.71. The Morgan fingerprint density at radius 3 is 2.83 bits per heavy atom. The van der Waals surface area contributed by atoms with E-state index in [0.717, 1.165) is 12.3 Å². The second-order valence-electron chi connectivity index (χ2n) is 3.71. The van der Waals surface area contributed by atoms with Gasteiger partial charge in [-0.05, 0) is 31.6 Å². The topological polar surface area (TPSA) is 26.0 Å². The maximum Gasteiger partial charge on any atom is 0.0105 e. The minimum atomic E-state index is 0. The van der Waals surface area contributed by atoms with Crippen molar-refractivity contribution in [3.63, 3.8) is 0 Å². The van der Waals surface area contributed by atoms with Gasteiger partial charge in [-0.3, -0.25) is 0 Å². The molecule has 2 N–H and O–H groups in total. The van der Waals surface area contributed by atoms with E-state index in [9.17, 15) is 0 Å². The third kappa shape index (κ3) is 3.34. The first-order valence-corrected chi connectivity index (χ1v) is 4.66. The quantitative estimate of drug-likeness (QED) is 0.691. The van der Waals surface area contributed by atoms with Crippen molar-refractivity contribution >= 4 is 0 Å². The standard InChI is InChI=1S/C10H19N.V.H2/c1-3-4-9-6-5-8(2)7-10(9)11;;/h9-10H,2-7,11H2,1H3;;1H/t9?,10-;;/m0../s1. The molecule has 0 aromatic carbocycles. The maximum atomic E-state index is 5.99. The molecule has 1 rings (SSSR count). The van der Waals surface area contributed by atoms with Crippen LogP contribution in [0.2, 0.25) is 0 Å². The zero-order chi connectivity index (χ0) is 8.27. The predicted molar refractivity (Wildman–Crippen MR) is 51.5 cm³/mol. The van der Waals surface area contributed by atoms with Gasteiger partial charge in [0.05, 0.1) is 0 Å². The van der Waals surface area contributed by atoms with Crippen molar-refractivity contribution in [2.45, 2.75) is 45.1 Å². The van der Waals surface area contributed by atoms with E-state index >= 15 is 0 Å². The summed E-state index contributed by atoms with van der Waals surface area (Å²) in [5.74, 6) is 0.769. The first kappa shape index (κ1) is 12.3. The molecular formula is C10H21NV. The Morgan fingerprint density at radius 2 is 2.33 bits per heavy atom. The van der Waals surface area contributed by atoms with Gasteiger partial charge >= 0.3 is 0 Å². The molecule has 0 bridgehead atoms. The molecule has 0 saturated heterocycles. The van der Waals surface area contributed by atoms with E-state index in [4.69, 9.17) is 5.73 Å². The van der Waals surface area contributed by atoms with Gasteiger partial charge in [0.15, 0.2) is 0 Å². The van der Waals surface area contributed by atoms with Gasteiger partial charge in [-0.15, -0.1) is 0 Å². The Hall–Kier alpha value is 0.284. The summed E-state index contributed by atoms with van der Waals surface area (Å²) in [7, 11) is 0. The van der Waals surface area contributed by atoms with Gasteiger partial charge in [0.25, 0.3) is 0 Å². The van der Waals surface area contributed by atoms with Crippen LogP contribution in [0.1, 0.15) is 40.5 Å². The average molecular weight is 206 g/mol. The molecule has 1 aliphatic rings. The number of rotatable bonds is 2. The molecule has 12 heavy (non-hydrogen) atoms. The van der Waals surface area contributed by atoms with Crippen LogP contribution in [-0.4, -0.2) is 6.04 Å². The first-order chi connectivity index (χ1) is 5.24. The second-order valence-corrected chi connectivity index (χ2v) is 3.71. The van der Waals surface area contributed by atoms with Crippen LogP contribution >= 0.6 is 0 Å². The zero-order valence-corrected chi connectivity index (χ0v) is 9.32. The fraction of sp³-hybridized carbons (Fsp3) is 0.800. The third-order valence-corrected chi connectivity index (χ3v) is 2.66. The van der Waals surface area contributed by atoms with E-state index in [-0.39, 0.29) is 20.0 Å². The van der Waals surface area contributed by atoms with Gasteiger partial charge in [0.1, 0.15) is 0 Å². The van der Waals surface area contributed by atoms with Gasteiger partial charge in [-0.1, -0.05) is 25.5 Å². The molecule has 1 radical (unpaired) electrons. The molecule has 1 unspecified atom stereocenters. The minimum absolute atomic E-state index is 0. The average Bonchev–Trinajstić information content (AvgIpc) is 1.95. The van der Waals surface area contributed by atoms with E-state index in [2.05, 4.69) is 13.5 Å². The van der Waals surface area contributed by atoms with E-state index < -0.39 is 0 Å². The largest absolute Gasteiger partial charge is 0.327 e. The van der Waals surface area contributed by atoms with Crippen LogP contribution < -0.4 is 5.73 Å². The van der Waals surface area contributed by atoms with Gasteiger partial charge in [-0.2, -0.15) is 0 Å². The summed E-state index contributed by atoms with van der Waals surface area (Å²) >= 11 is 0. The first-order valence-electron chi connectivity index (χ1n) is 4.66. The number of nitrogens with two attached hydrogens (primary N) is 1. The van der Waals surface area contributed by atoms with Gasteiger partial charge in [0, 0.05) is 26.0 Å². The zero-order valence-electron chi connectivity index (χ0n) is 7.92. The third-order valence-electron chi connectivity index (χ3n) is 2.66. The van der Waals surface area contributed by atoms with Crippen LogP contribution in [0.4, 0.5) is 0 Å². The van der Waals surface area contributed by atoms with E-state index in [0.29, 0.717) is 6.04 Å². The smallest absolute Gasteiger partial charge is 0.0105 e. The summed E-state index contributed by atoms with van der Waals surface area (Å²) in [6, 6.07) is 0.399. The summed E-state index contributed by atoms with van der Waals surface area (Å²) < 4.78 is 0. The van der Waals surface area contributed by atoms with E-state index in [1.165, 1.54) is 31.3 Å². The van der Waals surface area contributed by atoms with Crippen LogP contribution in [0, 0.1) is 5.92 Å². The molecule has 2 heteroatoms. The fourth-order valence-electron chi connectivity index (χ4n) is 1.93. The molecule has 1 fully saturated rings.